The average Bonchev–Trinajstić information content (AvgIpc) is 2.82. The molecule has 0 aliphatic carbocycles. The quantitative estimate of drug-likeness (QED) is 0.792. The maximum Gasteiger partial charge on any atom is 0.0388 e. The second-order valence-corrected chi connectivity index (χ2v) is 6.35. The Hall–Kier alpha value is -0.380. The standard InChI is InChI=1S/C15H26N2S/c1-13-7-12-18-15(13)14(2)16-8-6-11-17-9-4-3-5-10-17/h7,12,14,16H,3-6,8-11H2,1-2H3. The van der Waals surface area contributed by atoms with Gasteiger partial charge in [-0.1, -0.05) is 6.42 Å². The number of hydrogen-bond acceptors (Lipinski definition) is 3. The molecule has 1 aromatic rings. The highest BCUT2D eigenvalue weighted by Crippen LogP contribution is 2.23. The fraction of sp³-hybridized carbons (Fsp3) is 0.733. The van der Waals surface area contributed by atoms with E-state index in [0.717, 1.165) is 6.54 Å². The molecular formula is C15H26N2S. The first kappa shape index (κ1) is 14.0. The van der Waals surface area contributed by atoms with E-state index in [2.05, 4.69) is 35.5 Å². The Morgan fingerprint density at radius 3 is 2.78 bits per heavy atom. The van der Waals surface area contributed by atoms with Crippen LogP contribution < -0.4 is 5.32 Å². The first-order chi connectivity index (χ1) is 8.77. The Morgan fingerprint density at radius 2 is 2.11 bits per heavy atom. The van der Waals surface area contributed by atoms with Crippen LogP contribution in [-0.2, 0) is 0 Å². The van der Waals surface area contributed by atoms with E-state index >= 15 is 0 Å². The summed E-state index contributed by atoms with van der Waals surface area (Å²) in [6, 6.07) is 2.72. The molecule has 0 spiro atoms. The molecule has 102 valence electrons. The third-order valence-corrected chi connectivity index (χ3v) is 5.05. The van der Waals surface area contributed by atoms with Gasteiger partial charge in [-0.05, 0) is 76.3 Å². The first-order valence-corrected chi connectivity index (χ1v) is 8.15. The van der Waals surface area contributed by atoms with Crippen molar-refractivity contribution >= 4 is 11.3 Å². The summed E-state index contributed by atoms with van der Waals surface area (Å²) in [4.78, 5) is 4.11. The Morgan fingerprint density at radius 1 is 1.33 bits per heavy atom. The lowest BCUT2D eigenvalue weighted by atomic mass is 10.1. The second kappa shape index (κ2) is 7.27. The molecule has 0 saturated carbocycles. The van der Waals surface area contributed by atoms with Gasteiger partial charge in [-0.2, -0.15) is 0 Å². The zero-order chi connectivity index (χ0) is 12.8. The monoisotopic (exact) mass is 266 g/mol. The number of nitrogens with one attached hydrogen (secondary N) is 1. The molecule has 1 aromatic heterocycles. The van der Waals surface area contributed by atoms with Gasteiger partial charge in [0.05, 0.1) is 0 Å². The molecular weight excluding hydrogens is 240 g/mol. The number of hydrogen-bond donors (Lipinski definition) is 1. The fourth-order valence-electron chi connectivity index (χ4n) is 2.72. The smallest absolute Gasteiger partial charge is 0.0388 e. The third kappa shape index (κ3) is 4.08. The van der Waals surface area contributed by atoms with Gasteiger partial charge >= 0.3 is 0 Å². The van der Waals surface area contributed by atoms with E-state index in [9.17, 15) is 0 Å². The number of thiophene rings is 1. The highest BCUT2D eigenvalue weighted by Gasteiger charge is 2.11. The molecule has 1 aliphatic rings. The normalized spacial score (nSPS) is 19.0. The molecule has 1 N–H and O–H groups in total. The minimum absolute atomic E-state index is 0.506. The van der Waals surface area contributed by atoms with Crippen LogP contribution in [0.5, 0.6) is 0 Å². The predicted molar refractivity (Wildman–Crippen MR) is 80.4 cm³/mol. The maximum absolute atomic E-state index is 3.65. The Labute approximate surface area is 115 Å². The molecule has 1 aliphatic heterocycles. The summed E-state index contributed by atoms with van der Waals surface area (Å²) >= 11 is 1.87. The van der Waals surface area contributed by atoms with Gasteiger partial charge < -0.3 is 10.2 Å². The third-order valence-electron chi connectivity index (χ3n) is 3.85. The average molecular weight is 266 g/mol. The molecule has 0 aromatic carbocycles. The summed E-state index contributed by atoms with van der Waals surface area (Å²) in [5.41, 5.74) is 1.43. The van der Waals surface area contributed by atoms with E-state index in [0.29, 0.717) is 6.04 Å². The van der Waals surface area contributed by atoms with Gasteiger partial charge in [0.15, 0.2) is 0 Å². The topological polar surface area (TPSA) is 15.3 Å². The SMILES string of the molecule is Cc1ccsc1C(C)NCCCN1CCCCC1. The second-order valence-electron chi connectivity index (χ2n) is 5.40. The van der Waals surface area contributed by atoms with Gasteiger partial charge in [0.2, 0.25) is 0 Å². The number of rotatable bonds is 6. The molecule has 0 bridgehead atoms. The molecule has 1 saturated heterocycles. The lowest BCUT2D eigenvalue weighted by Crippen LogP contribution is -2.32. The van der Waals surface area contributed by atoms with Gasteiger partial charge in [-0.25, -0.2) is 0 Å². The van der Waals surface area contributed by atoms with Crippen LogP contribution in [0.15, 0.2) is 11.4 Å². The number of aryl methyl sites for hydroxylation is 1. The summed E-state index contributed by atoms with van der Waals surface area (Å²) < 4.78 is 0. The van der Waals surface area contributed by atoms with Crippen molar-refractivity contribution in [3.8, 4) is 0 Å². The molecule has 3 heteroatoms. The summed E-state index contributed by atoms with van der Waals surface area (Å²) in [7, 11) is 0. The zero-order valence-electron chi connectivity index (χ0n) is 11.7. The van der Waals surface area contributed by atoms with Crippen molar-refractivity contribution < 1.29 is 0 Å². The van der Waals surface area contributed by atoms with Crippen molar-refractivity contribution in [3.63, 3.8) is 0 Å². The Kier molecular flexibility index (Phi) is 5.67. The van der Waals surface area contributed by atoms with E-state index in [1.54, 1.807) is 0 Å². The zero-order valence-corrected chi connectivity index (χ0v) is 12.6. The van der Waals surface area contributed by atoms with Gasteiger partial charge in [-0.3, -0.25) is 0 Å². The number of likely N-dealkylation sites (tertiary alicyclic amines) is 1. The minimum atomic E-state index is 0.506. The van der Waals surface area contributed by atoms with Gasteiger partial charge in [0.25, 0.3) is 0 Å². The Balaban J connectivity index is 1.61. The van der Waals surface area contributed by atoms with Crippen molar-refractivity contribution in [2.75, 3.05) is 26.2 Å². The van der Waals surface area contributed by atoms with Gasteiger partial charge in [-0.15, -0.1) is 11.3 Å². The maximum atomic E-state index is 3.65. The highest BCUT2D eigenvalue weighted by molar-refractivity contribution is 7.10. The van der Waals surface area contributed by atoms with E-state index in [1.165, 1.54) is 55.8 Å². The van der Waals surface area contributed by atoms with Crippen LogP contribution in [0.1, 0.15) is 49.1 Å². The van der Waals surface area contributed by atoms with Gasteiger partial charge in [0.1, 0.15) is 0 Å². The molecule has 1 atom stereocenters. The van der Waals surface area contributed by atoms with E-state index < -0.39 is 0 Å². The molecule has 1 unspecified atom stereocenters. The van der Waals surface area contributed by atoms with E-state index in [4.69, 9.17) is 0 Å². The largest absolute Gasteiger partial charge is 0.309 e. The van der Waals surface area contributed by atoms with Crippen LogP contribution in [0.25, 0.3) is 0 Å². The van der Waals surface area contributed by atoms with Crippen LogP contribution in [0.3, 0.4) is 0 Å². The van der Waals surface area contributed by atoms with Crippen molar-refractivity contribution in [1.82, 2.24) is 10.2 Å². The van der Waals surface area contributed by atoms with Crippen LogP contribution in [-0.4, -0.2) is 31.1 Å². The van der Waals surface area contributed by atoms with Crippen molar-refractivity contribution in [2.24, 2.45) is 0 Å². The minimum Gasteiger partial charge on any atom is -0.309 e. The summed E-state index contributed by atoms with van der Waals surface area (Å²) in [5.74, 6) is 0. The van der Waals surface area contributed by atoms with E-state index in [-0.39, 0.29) is 0 Å². The number of piperidine rings is 1. The van der Waals surface area contributed by atoms with Crippen LogP contribution in [0.2, 0.25) is 0 Å². The van der Waals surface area contributed by atoms with Crippen LogP contribution in [0, 0.1) is 6.92 Å². The first-order valence-electron chi connectivity index (χ1n) is 7.27. The van der Waals surface area contributed by atoms with Crippen molar-refractivity contribution in [2.45, 2.75) is 45.6 Å². The fourth-order valence-corrected chi connectivity index (χ4v) is 3.69. The molecule has 1 fully saturated rings. The predicted octanol–water partition coefficient (Wildman–Crippen LogP) is 3.58. The Bertz CT molecular complexity index is 342. The van der Waals surface area contributed by atoms with E-state index in [1.807, 2.05) is 11.3 Å². The molecule has 0 amide bonds. The molecule has 2 heterocycles. The molecule has 2 nitrogen and oxygen atoms in total. The van der Waals surface area contributed by atoms with Crippen LogP contribution >= 0.6 is 11.3 Å². The summed E-state index contributed by atoms with van der Waals surface area (Å²) in [6.45, 7) is 9.52. The summed E-state index contributed by atoms with van der Waals surface area (Å²) in [6.07, 6.45) is 5.51. The summed E-state index contributed by atoms with van der Waals surface area (Å²) in [5, 5.41) is 5.84. The van der Waals surface area contributed by atoms with Crippen molar-refractivity contribution in [1.29, 1.82) is 0 Å². The molecule has 2 rings (SSSR count). The van der Waals surface area contributed by atoms with Gasteiger partial charge in [0, 0.05) is 10.9 Å². The van der Waals surface area contributed by atoms with Crippen molar-refractivity contribution in [3.05, 3.63) is 21.9 Å². The lowest BCUT2D eigenvalue weighted by molar-refractivity contribution is 0.225. The molecule has 18 heavy (non-hydrogen) atoms. The lowest BCUT2D eigenvalue weighted by Gasteiger charge is -2.26. The molecule has 0 radical (unpaired) electrons. The highest BCUT2D eigenvalue weighted by atomic mass is 32.1. The van der Waals surface area contributed by atoms with Crippen LogP contribution in [0.4, 0.5) is 0 Å². The number of nitrogens with zero attached hydrogens (tertiary/aromatic N) is 1.